The SMILES string of the molecule is Fc1ccc(-c2nnc(SCc3ccccc3)n2C[C@@H]2CCCO2)cc1. The molecular weight excluding hydrogens is 349 g/mol. The van der Waals surface area contributed by atoms with E-state index in [4.69, 9.17) is 4.74 Å². The number of hydrogen-bond donors (Lipinski definition) is 0. The summed E-state index contributed by atoms with van der Waals surface area (Å²) in [5.41, 5.74) is 2.11. The number of aromatic nitrogens is 3. The van der Waals surface area contributed by atoms with E-state index in [1.807, 2.05) is 18.2 Å². The third-order valence-electron chi connectivity index (χ3n) is 4.44. The number of rotatable bonds is 6. The quantitative estimate of drug-likeness (QED) is 0.598. The van der Waals surface area contributed by atoms with E-state index in [2.05, 4.69) is 26.9 Å². The van der Waals surface area contributed by atoms with Crippen molar-refractivity contribution in [3.63, 3.8) is 0 Å². The highest BCUT2D eigenvalue weighted by Gasteiger charge is 2.21. The van der Waals surface area contributed by atoms with Crippen LogP contribution < -0.4 is 0 Å². The van der Waals surface area contributed by atoms with Gasteiger partial charge in [-0.25, -0.2) is 4.39 Å². The molecule has 0 saturated carbocycles. The van der Waals surface area contributed by atoms with Crippen LogP contribution in [0.25, 0.3) is 11.4 Å². The Hall–Kier alpha value is -2.18. The highest BCUT2D eigenvalue weighted by atomic mass is 32.2. The summed E-state index contributed by atoms with van der Waals surface area (Å²) in [6.45, 7) is 1.53. The maximum Gasteiger partial charge on any atom is 0.191 e. The summed E-state index contributed by atoms with van der Waals surface area (Å²) in [6.07, 6.45) is 2.32. The van der Waals surface area contributed by atoms with Crippen molar-refractivity contribution in [3.8, 4) is 11.4 Å². The van der Waals surface area contributed by atoms with Crippen LogP contribution in [0.3, 0.4) is 0 Å². The Morgan fingerprint density at radius 2 is 1.88 bits per heavy atom. The van der Waals surface area contributed by atoms with Crippen molar-refractivity contribution in [2.24, 2.45) is 0 Å². The Morgan fingerprint density at radius 1 is 1.08 bits per heavy atom. The summed E-state index contributed by atoms with van der Waals surface area (Å²) in [5, 5.41) is 9.65. The molecule has 0 amide bonds. The normalized spacial score (nSPS) is 16.9. The molecule has 0 radical (unpaired) electrons. The Morgan fingerprint density at radius 3 is 2.62 bits per heavy atom. The fourth-order valence-electron chi connectivity index (χ4n) is 3.09. The molecule has 0 bridgehead atoms. The topological polar surface area (TPSA) is 39.9 Å². The fourth-order valence-corrected chi connectivity index (χ4v) is 3.99. The zero-order valence-corrected chi connectivity index (χ0v) is 15.2. The van der Waals surface area contributed by atoms with Gasteiger partial charge in [0.1, 0.15) is 5.82 Å². The van der Waals surface area contributed by atoms with Crippen molar-refractivity contribution in [1.82, 2.24) is 14.8 Å². The van der Waals surface area contributed by atoms with Crippen molar-refractivity contribution >= 4 is 11.8 Å². The minimum Gasteiger partial charge on any atom is -0.376 e. The van der Waals surface area contributed by atoms with E-state index in [0.29, 0.717) is 0 Å². The first kappa shape index (κ1) is 17.2. The molecule has 0 unspecified atom stereocenters. The molecular formula is C20H20FN3OS. The molecule has 0 aliphatic carbocycles. The van der Waals surface area contributed by atoms with E-state index >= 15 is 0 Å². The summed E-state index contributed by atoms with van der Waals surface area (Å²) in [5.74, 6) is 1.34. The lowest BCUT2D eigenvalue weighted by molar-refractivity contribution is 0.0953. The van der Waals surface area contributed by atoms with Crippen LogP contribution in [-0.4, -0.2) is 27.5 Å². The van der Waals surface area contributed by atoms with Crippen molar-refractivity contribution < 1.29 is 9.13 Å². The van der Waals surface area contributed by atoms with Crippen molar-refractivity contribution in [3.05, 3.63) is 66.0 Å². The zero-order chi connectivity index (χ0) is 17.8. The van der Waals surface area contributed by atoms with E-state index in [-0.39, 0.29) is 11.9 Å². The zero-order valence-electron chi connectivity index (χ0n) is 14.3. The Bertz CT molecular complexity index is 845. The second-order valence-electron chi connectivity index (χ2n) is 6.33. The minimum atomic E-state index is -0.252. The Labute approximate surface area is 156 Å². The van der Waals surface area contributed by atoms with E-state index in [1.54, 1.807) is 23.9 Å². The molecule has 2 aromatic carbocycles. The molecule has 134 valence electrons. The van der Waals surface area contributed by atoms with Gasteiger partial charge in [-0.1, -0.05) is 42.1 Å². The second kappa shape index (κ2) is 8.01. The molecule has 3 aromatic rings. The van der Waals surface area contributed by atoms with Crippen molar-refractivity contribution in [1.29, 1.82) is 0 Å². The van der Waals surface area contributed by atoms with Gasteiger partial charge in [0, 0.05) is 17.9 Å². The molecule has 1 fully saturated rings. The van der Waals surface area contributed by atoms with Crippen LogP contribution in [0.5, 0.6) is 0 Å². The average molecular weight is 369 g/mol. The molecule has 4 nitrogen and oxygen atoms in total. The summed E-state index contributed by atoms with van der Waals surface area (Å²) in [4.78, 5) is 0. The number of benzene rings is 2. The smallest absolute Gasteiger partial charge is 0.191 e. The van der Waals surface area contributed by atoms with E-state index in [1.165, 1.54) is 17.7 Å². The van der Waals surface area contributed by atoms with Crippen LogP contribution in [0.2, 0.25) is 0 Å². The van der Waals surface area contributed by atoms with E-state index in [9.17, 15) is 4.39 Å². The van der Waals surface area contributed by atoms with Gasteiger partial charge in [-0.15, -0.1) is 10.2 Å². The Balaban J connectivity index is 1.60. The predicted octanol–water partition coefficient (Wildman–Crippen LogP) is 4.56. The van der Waals surface area contributed by atoms with Crippen LogP contribution >= 0.6 is 11.8 Å². The molecule has 26 heavy (non-hydrogen) atoms. The van der Waals surface area contributed by atoms with Gasteiger partial charge in [0.2, 0.25) is 0 Å². The highest BCUT2D eigenvalue weighted by Crippen LogP contribution is 2.28. The first-order valence-corrected chi connectivity index (χ1v) is 9.75. The minimum absolute atomic E-state index is 0.182. The molecule has 1 aromatic heterocycles. The number of ether oxygens (including phenoxy) is 1. The third kappa shape index (κ3) is 3.97. The molecule has 1 aliphatic heterocycles. The van der Waals surface area contributed by atoms with Gasteiger partial charge in [0.05, 0.1) is 12.6 Å². The van der Waals surface area contributed by atoms with E-state index < -0.39 is 0 Å². The molecule has 1 aliphatic rings. The van der Waals surface area contributed by atoms with Crippen molar-refractivity contribution in [2.75, 3.05) is 6.61 Å². The van der Waals surface area contributed by atoms with Gasteiger partial charge in [-0.2, -0.15) is 0 Å². The molecule has 1 saturated heterocycles. The summed E-state index contributed by atoms with van der Waals surface area (Å²) in [6, 6.07) is 16.7. The van der Waals surface area contributed by atoms with Crippen LogP contribution in [0.4, 0.5) is 4.39 Å². The van der Waals surface area contributed by atoms with Gasteiger partial charge < -0.3 is 4.74 Å². The maximum absolute atomic E-state index is 13.3. The number of hydrogen-bond acceptors (Lipinski definition) is 4. The lowest BCUT2D eigenvalue weighted by atomic mass is 10.2. The second-order valence-corrected chi connectivity index (χ2v) is 7.28. The monoisotopic (exact) mass is 369 g/mol. The molecule has 0 N–H and O–H groups in total. The fraction of sp³-hybridized carbons (Fsp3) is 0.300. The summed E-state index contributed by atoms with van der Waals surface area (Å²) < 4.78 is 21.2. The molecule has 6 heteroatoms. The van der Waals surface area contributed by atoms with Crippen LogP contribution in [0, 0.1) is 5.82 Å². The van der Waals surface area contributed by atoms with Crippen LogP contribution in [0.1, 0.15) is 18.4 Å². The number of nitrogens with zero attached hydrogens (tertiary/aromatic N) is 3. The maximum atomic E-state index is 13.3. The first-order chi connectivity index (χ1) is 12.8. The molecule has 1 atom stereocenters. The summed E-state index contributed by atoms with van der Waals surface area (Å²) >= 11 is 1.66. The number of halogens is 1. The van der Waals surface area contributed by atoms with Gasteiger partial charge >= 0.3 is 0 Å². The lowest BCUT2D eigenvalue weighted by Crippen LogP contribution is -2.16. The number of thioether (sulfide) groups is 1. The van der Waals surface area contributed by atoms with Crippen LogP contribution in [0.15, 0.2) is 59.8 Å². The first-order valence-electron chi connectivity index (χ1n) is 8.77. The lowest BCUT2D eigenvalue weighted by Gasteiger charge is -2.14. The Kier molecular flexibility index (Phi) is 5.32. The van der Waals surface area contributed by atoms with Crippen molar-refractivity contribution in [2.45, 2.75) is 36.4 Å². The molecule has 4 rings (SSSR count). The largest absolute Gasteiger partial charge is 0.376 e. The molecule has 0 spiro atoms. The van der Waals surface area contributed by atoms with E-state index in [0.717, 1.165) is 48.3 Å². The van der Waals surface area contributed by atoms with Gasteiger partial charge in [-0.3, -0.25) is 4.57 Å². The third-order valence-corrected chi connectivity index (χ3v) is 5.48. The summed E-state index contributed by atoms with van der Waals surface area (Å²) in [7, 11) is 0. The van der Waals surface area contributed by atoms with Gasteiger partial charge in [-0.05, 0) is 42.7 Å². The van der Waals surface area contributed by atoms with Gasteiger partial charge in [0.25, 0.3) is 0 Å². The highest BCUT2D eigenvalue weighted by molar-refractivity contribution is 7.98. The standard InChI is InChI=1S/C20H20FN3OS/c21-17-10-8-16(9-11-17)19-22-23-20(24(19)13-18-7-4-12-25-18)26-14-15-5-2-1-3-6-15/h1-3,5-6,8-11,18H,4,7,12-14H2/t18-/m0/s1. The predicted molar refractivity (Wildman–Crippen MR) is 100 cm³/mol. The molecule has 2 heterocycles. The average Bonchev–Trinajstić information content (AvgIpc) is 3.32. The van der Waals surface area contributed by atoms with Crippen LogP contribution in [-0.2, 0) is 17.0 Å². The van der Waals surface area contributed by atoms with Gasteiger partial charge in [0.15, 0.2) is 11.0 Å².